The van der Waals surface area contributed by atoms with Gasteiger partial charge in [-0.1, -0.05) is 13.6 Å². The van der Waals surface area contributed by atoms with Gasteiger partial charge in [0, 0.05) is 78.3 Å². The van der Waals surface area contributed by atoms with Crippen LogP contribution in [0.15, 0.2) is 0 Å². The second-order valence-electron chi connectivity index (χ2n) is 4.13. The molecule has 0 aromatic rings. The minimum absolute atomic E-state index is 0.0741. The van der Waals surface area contributed by atoms with Gasteiger partial charge in [-0.2, -0.15) is 0 Å². The molecule has 0 rings (SSSR count). The fraction of sp³-hybridized carbons (Fsp3) is 1.00. The maximum atomic E-state index is 5.67. The molecule has 0 N–H and O–H groups in total. The van der Waals surface area contributed by atoms with Crippen molar-refractivity contribution in [2.75, 3.05) is 0 Å². The van der Waals surface area contributed by atoms with E-state index in [1.807, 2.05) is 13.6 Å². The lowest BCUT2D eigenvalue weighted by Gasteiger charge is -2.33. The summed E-state index contributed by atoms with van der Waals surface area (Å²) in [5, 5.41) is 0. The summed E-state index contributed by atoms with van der Waals surface area (Å²) in [4.78, 5) is 0. The van der Waals surface area contributed by atoms with Gasteiger partial charge in [-0.15, -0.1) is 0 Å². The van der Waals surface area contributed by atoms with Crippen molar-refractivity contribution in [3.05, 3.63) is 0 Å². The standard InChI is InChI=1S/C2H6B12/c1-9(2)13(10(3)4)14(11(5)6)12(7)8/h1-2H3. The highest BCUT2D eigenvalue weighted by Gasteiger charge is 2.36. The zero-order valence-electron chi connectivity index (χ0n) is 8.93. The smallest absolute Gasteiger partial charge is 0.0835 e. The van der Waals surface area contributed by atoms with Gasteiger partial charge in [-0.3, -0.25) is 0 Å². The molecule has 0 heterocycles. The van der Waals surface area contributed by atoms with Crippen LogP contribution in [0.2, 0.25) is 13.6 Å². The molecule has 0 saturated carbocycles. The van der Waals surface area contributed by atoms with Crippen molar-refractivity contribution >= 4 is 85.0 Å². The third kappa shape index (κ3) is 4.11. The van der Waals surface area contributed by atoms with E-state index in [0.29, 0.717) is 0 Å². The molecule has 0 nitrogen and oxygen atoms in total. The first-order valence-corrected chi connectivity index (χ1v) is 4.82. The van der Waals surface area contributed by atoms with Crippen LogP contribution in [0.4, 0.5) is 0 Å². The quantitative estimate of drug-likeness (QED) is 0.367. The molecule has 0 atom stereocenters. The fourth-order valence-electron chi connectivity index (χ4n) is 1.92. The molecule has 0 aromatic carbocycles. The molecule has 0 aromatic heterocycles. The Morgan fingerprint density at radius 3 is 0.929 bits per heavy atom. The molecule has 0 aliphatic carbocycles. The van der Waals surface area contributed by atoms with Crippen LogP contribution in [0.1, 0.15) is 0 Å². The molecule has 0 aliphatic rings. The largest absolute Gasteiger partial charge is 0.0937 e. The van der Waals surface area contributed by atoms with Crippen LogP contribution in [-0.4, -0.2) is 85.0 Å². The summed E-state index contributed by atoms with van der Waals surface area (Å²) in [7, 11) is 33.8. The van der Waals surface area contributed by atoms with Crippen LogP contribution >= 0.6 is 0 Å². The van der Waals surface area contributed by atoms with Gasteiger partial charge in [0.15, 0.2) is 0 Å². The average molecular weight is 160 g/mol. The third-order valence-electron chi connectivity index (χ3n) is 2.55. The number of hydrogen-bond acceptors (Lipinski definition) is 0. The predicted molar refractivity (Wildman–Crippen MR) is 80.8 cm³/mol. The maximum Gasteiger partial charge on any atom is 0.0835 e. The van der Waals surface area contributed by atoms with Gasteiger partial charge in [0.25, 0.3) is 0 Å². The maximum absolute atomic E-state index is 5.67. The number of hydrogen-bond donors (Lipinski definition) is 0. The van der Waals surface area contributed by atoms with Crippen molar-refractivity contribution in [1.29, 1.82) is 0 Å². The van der Waals surface area contributed by atoms with E-state index in [1.54, 1.807) is 0 Å². The van der Waals surface area contributed by atoms with Gasteiger partial charge < -0.3 is 0 Å². The van der Waals surface area contributed by atoms with E-state index in [0.717, 1.165) is 0 Å². The first kappa shape index (κ1) is 14.8. The third-order valence-corrected chi connectivity index (χ3v) is 2.55. The topological polar surface area (TPSA) is 0 Å². The van der Waals surface area contributed by atoms with Crippen molar-refractivity contribution in [2.24, 2.45) is 0 Å². The lowest BCUT2D eigenvalue weighted by Crippen LogP contribution is -2.71. The monoisotopic (exact) mass is 162 g/mol. The molecule has 50 valence electrons. The van der Waals surface area contributed by atoms with Crippen LogP contribution in [-0.2, 0) is 0 Å². The Hall–Kier alpha value is 0.779. The first-order chi connectivity index (χ1) is 6.29. The molecular weight excluding hydrogens is 154 g/mol. The number of rotatable bonds is 5. The second-order valence-corrected chi connectivity index (χ2v) is 4.13. The predicted octanol–water partition coefficient (Wildman–Crippen LogP) is -3.40. The van der Waals surface area contributed by atoms with E-state index in [1.165, 1.54) is 0 Å². The van der Waals surface area contributed by atoms with Crippen molar-refractivity contribution in [1.82, 2.24) is 0 Å². The molecule has 0 fully saturated rings. The van der Waals surface area contributed by atoms with Crippen LogP contribution in [0.3, 0.4) is 0 Å². The lowest BCUT2D eigenvalue weighted by atomic mass is 8.50. The lowest BCUT2D eigenvalue weighted by molar-refractivity contribution is 2.09. The Bertz CT molecular complexity index is 116. The van der Waals surface area contributed by atoms with E-state index in [9.17, 15) is 0 Å². The average Bonchev–Trinajstić information content (AvgIpc) is 1.96. The highest BCUT2D eigenvalue weighted by molar-refractivity contribution is 8.07. The van der Waals surface area contributed by atoms with Crippen LogP contribution in [0, 0.1) is 0 Å². The Labute approximate surface area is 98.8 Å². The van der Waals surface area contributed by atoms with Crippen molar-refractivity contribution in [3.8, 4) is 0 Å². The molecule has 0 aliphatic heterocycles. The van der Waals surface area contributed by atoms with E-state index in [-0.39, 0.29) is 19.4 Å². The summed E-state index contributed by atoms with van der Waals surface area (Å²) in [5.74, 6) is 0. The van der Waals surface area contributed by atoms with Crippen LogP contribution in [0.25, 0.3) is 0 Å². The normalized spacial score (nSPS) is 9.00. The van der Waals surface area contributed by atoms with Gasteiger partial charge in [-0.25, -0.2) is 0 Å². The molecule has 0 amide bonds. The molecular formula is C2H6B12. The Kier molecular flexibility index (Phi) is 6.74. The summed E-state index contributed by atoms with van der Waals surface area (Å²) in [6.07, 6.45) is -2.05. The SMILES string of the molecule is [B]B([B])B(B([B])[B])B(B([B])[B])B(C)C. The van der Waals surface area contributed by atoms with Crippen LogP contribution in [0.5, 0.6) is 0 Å². The highest BCUT2D eigenvalue weighted by atomic mass is 13.3. The molecule has 0 unspecified atom stereocenters. The summed E-state index contributed by atoms with van der Waals surface area (Å²) in [5.41, 5.74) is 0. The van der Waals surface area contributed by atoms with Crippen molar-refractivity contribution in [2.45, 2.75) is 13.6 Å². The van der Waals surface area contributed by atoms with Gasteiger partial charge >= 0.3 is 0 Å². The highest BCUT2D eigenvalue weighted by Crippen LogP contribution is 2.00. The van der Waals surface area contributed by atoms with E-state index < -0.39 is 19.2 Å². The molecule has 0 saturated heterocycles. The molecule has 0 bridgehead atoms. The summed E-state index contributed by atoms with van der Waals surface area (Å²) in [6.45, 7) is 4.23. The second kappa shape index (κ2) is 6.38. The van der Waals surface area contributed by atoms with Crippen molar-refractivity contribution in [3.63, 3.8) is 0 Å². The Morgan fingerprint density at radius 1 is 0.571 bits per heavy atom. The zero-order chi connectivity index (χ0) is 11.5. The van der Waals surface area contributed by atoms with Gasteiger partial charge in [-0.05, 0) is 0 Å². The summed E-state index contributed by atoms with van der Waals surface area (Å²) in [6, 6.07) is 0. The minimum Gasteiger partial charge on any atom is -0.0937 e. The minimum atomic E-state index is -0.600. The summed E-state index contributed by atoms with van der Waals surface area (Å²) >= 11 is 0. The molecule has 0 spiro atoms. The van der Waals surface area contributed by atoms with Gasteiger partial charge in [0.1, 0.15) is 0 Å². The Balaban J connectivity index is 4.74. The zero-order valence-corrected chi connectivity index (χ0v) is 8.93. The molecule has 12 radical (unpaired) electrons. The van der Waals surface area contributed by atoms with Crippen molar-refractivity contribution < 1.29 is 0 Å². The van der Waals surface area contributed by atoms with Gasteiger partial charge in [0.2, 0.25) is 0 Å². The Morgan fingerprint density at radius 2 is 0.857 bits per heavy atom. The molecule has 14 heavy (non-hydrogen) atoms. The van der Waals surface area contributed by atoms with Crippen LogP contribution < -0.4 is 0 Å². The molecule has 12 heteroatoms. The van der Waals surface area contributed by atoms with E-state index >= 15 is 0 Å². The van der Waals surface area contributed by atoms with Gasteiger partial charge in [0.05, 0.1) is 6.60 Å². The summed E-state index contributed by atoms with van der Waals surface area (Å²) < 4.78 is 0. The van der Waals surface area contributed by atoms with E-state index in [4.69, 9.17) is 46.4 Å². The fourth-order valence-corrected chi connectivity index (χ4v) is 1.92. The first-order valence-electron chi connectivity index (χ1n) is 4.82. The van der Waals surface area contributed by atoms with E-state index in [2.05, 4.69) is 0 Å².